The van der Waals surface area contributed by atoms with Gasteiger partial charge in [0.05, 0.1) is 12.7 Å². The van der Waals surface area contributed by atoms with E-state index in [-0.39, 0.29) is 0 Å². The molecule has 1 fully saturated rings. The molecule has 4 N–H and O–H groups in total. The molecular weight excluding hydrogens is 196 g/mol. The van der Waals surface area contributed by atoms with E-state index in [1.54, 1.807) is 0 Å². The Labute approximate surface area is 90.0 Å². The average Bonchev–Trinajstić information content (AvgIpc) is 2.27. The molecule has 15 heavy (non-hydrogen) atoms. The summed E-state index contributed by atoms with van der Waals surface area (Å²) < 4.78 is 5.43. The van der Waals surface area contributed by atoms with Gasteiger partial charge in [-0.15, -0.1) is 0 Å². The normalized spacial score (nSPS) is 25.9. The van der Waals surface area contributed by atoms with Crippen LogP contribution in [0.3, 0.4) is 0 Å². The van der Waals surface area contributed by atoms with Gasteiger partial charge in [-0.05, 0) is 6.42 Å². The number of hydrogen-bond acceptors (Lipinski definition) is 4. The van der Waals surface area contributed by atoms with Crippen molar-refractivity contribution in [1.82, 2.24) is 5.32 Å². The molecule has 88 valence electrons. The van der Waals surface area contributed by atoms with Crippen LogP contribution in [0, 0.1) is 0 Å². The Balaban J connectivity index is 2.65. The molecule has 0 bridgehead atoms. The van der Waals surface area contributed by atoms with Gasteiger partial charge in [-0.1, -0.05) is 19.8 Å². The molecular formula is C10H20N2O3. The fourth-order valence-corrected chi connectivity index (χ4v) is 1.77. The number of ether oxygens (including phenoxy) is 1. The summed E-state index contributed by atoms with van der Waals surface area (Å²) >= 11 is 0. The van der Waals surface area contributed by atoms with Gasteiger partial charge in [0.15, 0.2) is 0 Å². The number of hydrogen-bond donors (Lipinski definition) is 3. The van der Waals surface area contributed by atoms with Crippen molar-refractivity contribution in [2.24, 2.45) is 5.73 Å². The molecule has 0 spiro atoms. The molecule has 0 radical (unpaired) electrons. The molecule has 0 aromatic carbocycles. The van der Waals surface area contributed by atoms with E-state index in [0.717, 1.165) is 19.4 Å². The largest absolute Gasteiger partial charge is 0.480 e. The molecule has 1 aliphatic heterocycles. The number of carboxylic acids is 1. The second-order valence-electron chi connectivity index (χ2n) is 4.01. The molecule has 5 heteroatoms. The van der Waals surface area contributed by atoms with E-state index < -0.39 is 17.6 Å². The number of rotatable bonds is 5. The quantitative estimate of drug-likeness (QED) is 0.600. The molecule has 5 nitrogen and oxygen atoms in total. The third-order valence-corrected chi connectivity index (χ3v) is 2.84. The Morgan fingerprint density at radius 1 is 1.73 bits per heavy atom. The van der Waals surface area contributed by atoms with Crippen molar-refractivity contribution in [2.45, 2.75) is 37.8 Å². The Hall–Kier alpha value is -0.650. The highest BCUT2D eigenvalue weighted by molar-refractivity contribution is 5.79. The number of nitrogens with one attached hydrogen (secondary N) is 1. The van der Waals surface area contributed by atoms with Crippen molar-refractivity contribution in [3.63, 3.8) is 0 Å². The predicted octanol–water partition coefficient (Wildman–Crippen LogP) is -0.0529. The highest BCUT2D eigenvalue weighted by Crippen LogP contribution is 2.20. The van der Waals surface area contributed by atoms with Crippen molar-refractivity contribution in [3.8, 4) is 0 Å². The third-order valence-electron chi connectivity index (χ3n) is 2.84. The van der Waals surface area contributed by atoms with Gasteiger partial charge in [0.2, 0.25) is 0 Å². The SMILES string of the molecule is CCCCC(N)(C(=O)O)C1CNCCO1. The fourth-order valence-electron chi connectivity index (χ4n) is 1.77. The minimum atomic E-state index is -1.25. The Kier molecular flexibility index (Phi) is 4.50. The Bertz CT molecular complexity index is 217. The van der Waals surface area contributed by atoms with Gasteiger partial charge < -0.3 is 20.9 Å². The molecule has 0 aromatic heterocycles. The van der Waals surface area contributed by atoms with Crippen molar-refractivity contribution < 1.29 is 14.6 Å². The maximum atomic E-state index is 11.2. The van der Waals surface area contributed by atoms with Gasteiger partial charge in [-0.2, -0.15) is 0 Å². The first-order valence-electron chi connectivity index (χ1n) is 5.46. The van der Waals surface area contributed by atoms with Crippen LogP contribution in [0.1, 0.15) is 26.2 Å². The fraction of sp³-hybridized carbons (Fsp3) is 0.900. The van der Waals surface area contributed by atoms with Crippen LogP contribution in [0.2, 0.25) is 0 Å². The van der Waals surface area contributed by atoms with E-state index in [2.05, 4.69) is 5.32 Å². The highest BCUT2D eigenvalue weighted by Gasteiger charge is 2.43. The minimum absolute atomic E-state index is 0.421. The topological polar surface area (TPSA) is 84.6 Å². The smallest absolute Gasteiger partial charge is 0.326 e. The van der Waals surface area contributed by atoms with E-state index in [9.17, 15) is 9.90 Å². The summed E-state index contributed by atoms with van der Waals surface area (Å²) in [5, 5.41) is 12.3. The zero-order valence-electron chi connectivity index (χ0n) is 9.16. The van der Waals surface area contributed by atoms with Gasteiger partial charge in [0.1, 0.15) is 5.54 Å². The maximum absolute atomic E-state index is 11.2. The molecule has 0 aliphatic carbocycles. The number of nitrogens with two attached hydrogens (primary N) is 1. The van der Waals surface area contributed by atoms with Crippen molar-refractivity contribution in [1.29, 1.82) is 0 Å². The zero-order valence-corrected chi connectivity index (χ0v) is 9.16. The number of carboxylic acid groups (broad SMARTS) is 1. The Morgan fingerprint density at radius 2 is 2.47 bits per heavy atom. The van der Waals surface area contributed by atoms with Gasteiger partial charge in [-0.25, -0.2) is 0 Å². The molecule has 2 atom stereocenters. The number of carbonyl (C=O) groups is 1. The summed E-state index contributed by atoms with van der Waals surface area (Å²) in [6.07, 6.45) is 1.79. The molecule has 1 heterocycles. The zero-order chi connectivity index (χ0) is 11.3. The van der Waals surface area contributed by atoms with E-state index in [1.807, 2.05) is 6.92 Å². The van der Waals surface area contributed by atoms with E-state index in [4.69, 9.17) is 10.5 Å². The first-order valence-corrected chi connectivity index (χ1v) is 5.46. The number of aliphatic carboxylic acids is 1. The maximum Gasteiger partial charge on any atom is 0.326 e. The summed E-state index contributed by atoms with van der Waals surface area (Å²) in [6.45, 7) is 3.83. The molecule has 0 amide bonds. The highest BCUT2D eigenvalue weighted by atomic mass is 16.5. The van der Waals surface area contributed by atoms with Crippen molar-refractivity contribution in [2.75, 3.05) is 19.7 Å². The van der Waals surface area contributed by atoms with E-state index in [0.29, 0.717) is 19.6 Å². The van der Waals surface area contributed by atoms with Crippen LogP contribution >= 0.6 is 0 Å². The van der Waals surface area contributed by atoms with E-state index in [1.165, 1.54) is 0 Å². The molecule has 1 rings (SSSR count). The van der Waals surface area contributed by atoms with Gasteiger partial charge in [0, 0.05) is 13.1 Å². The van der Waals surface area contributed by atoms with Crippen LogP contribution in [0.15, 0.2) is 0 Å². The van der Waals surface area contributed by atoms with Crippen LogP contribution in [-0.2, 0) is 9.53 Å². The summed E-state index contributed by atoms with van der Waals surface area (Å²) in [4.78, 5) is 11.2. The number of morpholine rings is 1. The summed E-state index contributed by atoms with van der Waals surface area (Å²) in [6, 6.07) is 0. The monoisotopic (exact) mass is 216 g/mol. The minimum Gasteiger partial charge on any atom is -0.480 e. The van der Waals surface area contributed by atoms with Gasteiger partial charge in [-0.3, -0.25) is 4.79 Å². The number of unbranched alkanes of at least 4 members (excludes halogenated alkanes) is 1. The Morgan fingerprint density at radius 3 is 2.93 bits per heavy atom. The lowest BCUT2D eigenvalue weighted by Crippen LogP contribution is -2.63. The van der Waals surface area contributed by atoms with Crippen LogP contribution in [0.5, 0.6) is 0 Å². The van der Waals surface area contributed by atoms with Crippen LogP contribution < -0.4 is 11.1 Å². The lowest BCUT2D eigenvalue weighted by atomic mass is 9.87. The predicted molar refractivity (Wildman–Crippen MR) is 56.7 cm³/mol. The standard InChI is InChI=1S/C10H20N2O3/c1-2-3-4-10(11,9(13)14)8-7-12-5-6-15-8/h8,12H,2-7,11H2,1H3,(H,13,14). The summed E-state index contributed by atoms with van der Waals surface area (Å²) in [5.74, 6) is -0.968. The average molecular weight is 216 g/mol. The summed E-state index contributed by atoms with van der Waals surface area (Å²) in [7, 11) is 0. The van der Waals surface area contributed by atoms with Gasteiger partial charge in [0.25, 0.3) is 0 Å². The first kappa shape index (κ1) is 12.4. The third kappa shape index (κ3) is 2.90. The van der Waals surface area contributed by atoms with Crippen LogP contribution in [0.4, 0.5) is 0 Å². The van der Waals surface area contributed by atoms with Crippen LogP contribution in [0.25, 0.3) is 0 Å². The lowest BCUT2D eigenvalue weighted by Gasteiger charge is -2.36. The van der Waals surface area contributed by atoms with Crippen LogP contribution in [-0.4, -0.2) is 42.4 Å². The first-order chi connectivity index (χ1) is 7.11. The van der Waals surface area contributed by atoms with Crippen molar-refractivity contribution >= 4 is 5.97 Å². The molecule has 1 saturated heterocycles. The van der Waals surface area contributed by atoms with Crippen molar-refractivity contribution in [3.05, 3.63) is 0 Å². The second-order valence-corrected chi connectivity index (χ2v) is 4.01. The molecule has 0 saturated carbocycles. The summed E-state index contributed by atoms with van der Waals surface area (Å²) in [5.41, 5.74) is 4.69. The molecule has 0 aromatic rings. The molecule has 1 aliphatic rings. The lowest BCUT2D eigenvalue weighted by molar-refractivity contribution is -0.151. The van der Waals surface area contributed by atoms with E-state index >= 15 is 0 Å². The second kappa shape index (κ2) is 5.44. The molecule has 2 unspecified atom stereocenters. The van der Waals surface area contributed by atoms with Gasteiger partial charge >= 0.3 is 5.97 Å².